The molecule has 1 aromatic heterocycles. The maximum atomic E-state index is 12.0. The first-order chi connectivity index (χ1) is 10.8. The highest BCUT2D eigenvalue weighted by molar-refractivity contribution is 5.85. The van der Waals surface area contributed by atoms with Gasteiger partial charge in [0.1, 0.15) is 0 Å². The van der Waals surface area contributed by atoms with E-state index >= 15 is 0 Å². The lowest BCUT2D eigenvalue weighted by Gasteiger charge is -2.23. The predicted octanol–water partition coefficient (Wildman–Crippen LogP) is 2.09. The first kappa shape index (κ1) is 17.5. The van der Waals surface area contributed by atoms with Crippen molar-refractivity contribution in [3.05, 3.63) is 48.3 Å². The number of benzene rings is 1. The summed E-state index contributed by atoms with van der Waals surface area (Å²) in [4.78, 5) is 12.0. The molecule has 1 saturated heterocycles. The summed E-state index contributed by atoms with van der Waals surface area (Å²) in [5, 5.41) is 10.8. The molecule has 1 atom stereocenters. The van der Waals surface area contributed by atoms with Crippen LogP contribution in [0.25, 0.3) is 5.69 Å². The number of hydrogen-bond donors (Lipinski definition) is 2. The minimum Gasteiger partial charge on any atom is -0.352 e. The van der Waals surface area contributed by atoms with Crippen LogP contribution < -0.4 is 10.6 Å². The van der Waals surface area contributed by atoms with Gasteiger partial charge < -0.3 is 10.6 Å². The molecule has 0 saturated carbocycles. The second-order valence-corrected chi connectivity index (χ2v) is 5.74. The lowest BCUT2D eigenvalue weighted by atomic mass is 10.1. The van der Waals surface area contributed by atoms with E-state index in [1.165, 1.54) is 0 Å². The predicted molar refractivity (Wildman–Crippen MR) is 93.2 cm³/mol. The number of carbonyl (C=O) groups is 1. The number of nitrogens with zero attached hydrogens (tertiary/aromatic N) is 2. The van der Waals surface area contributed by atoms with E-state index in [0.717, 1.165) is 43.6 Å². The second-order valence-electron chi connectivity index (χ2n) is 5.74. The van der Waals surface area contributed by atoms with E-state index in [1.807, 2.05) is 47.4 Å². The van der Waals surface area contributed by atoms with Crippen LogP contribution in [0.15, 0.2) is 42.7 Å². The van der Waals surface area contributed by atoms with Gasteiger partial charge in [-0.05, 0) is 43.5 Å². The zero-order chi connectivity index (χ0) is 15.2. The van der Waals surface area contributed by atoms with Crippen molar-refractivity contribution in [2.75, 3.05) is 13.1 Å². The molecule has 3 rings (SSSR count). The smallest absolute Gasteiger partial charge is 0.220 e. The molecule has 0 bridgehead atoms. The highest BCUT2D eigenvalue weighted by atomic mass is 35.5. The number of halogens is 1. The minimum atomic E-state index is 0. The molecule has 1 aromatic carbocycles. The fourth-order valence-corrected chi connectivity index (χ4v) is 2.74. The lowest BCUT2D eigenvalue weighted by Crippen LogP contribution is -2.45. The molecule has 1 fully saturated rings. The first-order valence-corrected chi connectivity index (χ1v) is 7.90. The molecule has 0 aliphatic carbocycles. The highest BCUT2D eigenvalue weighted by Gasteiger charge is 2.15. The first-order valence-electron chi connectivity index (χ1n) is 7.90. The molecule has 6 heteroatoms. The van der Waals surface area contributed by atoms with Crippen molar-refractivity contribution >= 4 is 18.3 Å². The molecule has 0 radical (unpaired) electrons. The Labute approximate surface area is 142 Å². The molecule has 0 unspecified atom stereocenters. The SMILES string of the molecule is Cl.O=C(CCc1cnn(-c2ccccc2)c1)N[C@H]1CCCNC1. The molecule has 124 valence electrons. The van der Waals surface area contributed by atoms with E-state index in [0.29, 0.717) is 6.42 Å². The monoisotopic (exact) mass is 334 g/mol. The second kappa shape index (κ2) is 8.70. The Morgan fingerprint density at radius 3 is 2.91 bits per heavy atom. The van der Waals surface area contributed by atoms with Gasteiger partial charge in [-0.1, -0.05) is 18.2 Å². The fraction of sp³-hybridized carbons (Fsp3) is 0.412. The highest BCUT2D eigenvalue weighted by Crippen LogP contribution is 2.09. The van der Waals surface area contributed by atoms with Crippen LogP contribution in [0.4, 0.5) is 0 Å². The maximum Gasteiger partial charge on any atom is 0.220 e. The largest absolute Gasteiger partial charge is 0.352 e. The Balaban J connectivity index is 0.00000192. The Bertz CT molecular complexity index is 608. The third-order valence-corrected chi connectivity index (χ3v) is 3.96. The summed E-state index contributed by atoms with van der Waals surface area (Å²) in [5.74, 6) is 0.126. The summed E-state index contributed by atoms with van der Waals surface area (Å²) in [6.07, 6.45) is 7.27. The van der Waals surface area contributed by atoms with Crippen LogP contribution in [0.5, 0.6) is 0 Å². The summed E-state index contributed by atoms with van der Waals surface area (Å²) in [6.45, 7) is 1.95. The van der Waals surface area contributed by atoms with Crippen molar-refractivity contribution in [1.29, 1.82) is 0 Å². The van der Waals surface area contributed by atoms with Crippen molar-refractivity contribution < 1.29 is 4.79 Å². The number of aromatic nitrogens is 2. The number of para-hydroxylation sites is 1. The standard InChI is InChI=1S/C17H22N4O.ClH/c22-17(20-15-5-4-10-18-12-15)9-8-14-11-19-21(13-14)16-6-2-1-3-7-16;/h1-3,6-7,11,13,15,18H,4-5,8-10,12H2,(H,20,22);1H/t15-;/m0./s1. The van der Waals surface area contributed by atoms with Crippen molar-refractivity contribution in [1.82, 2.24) is 20.4 Å². The van der Waals surface area contributed by atoms with Crippen LogP contribution >= 0.6 is 12.4 Å². The maximum absolute atomic E-state index is 12.0. The lowest BCUT2D eigenvalue weighted by molar-refractivity contribution is -0.121. The minimum absolute atomic E-state index is 0. The number of piperidine rings is 1. The normalized spacial score (nSPS) is 17.3. The van der Waals surface area contributed by atoms with Gasteiger partial charge >= 0.3 is 0 Å². The number of amides is 1. The molecule has 2 heterocycles. The van der Waals surface area contributed by atoms with E-state index in [9.17, 15) is 4.79 Å². The molecule has 2 aromatic rings. The fourth-order valence-electron chi connectivity index (χ4n) is 2.74. The average molecular weight is 335 g/mol. The van der Waals surface area contributed by atoms with E-state index in [2.05, 4.69) is 15.7 Å². The van der Waals surface area contributed by atoms with Crippen molar-refractivity contribution in [2.45, 2.75) is 31.7 Å². The summed E-state index contributed by atoms with van der Waals surface area (Å²) < 4.78 is 1.85. The molecule has 2 N–H and O–H groups in total. The Hall–Kier alpha value is -1.85. The zero-order valence-corrected chi connectivity index (χ0v) is 13.9. The Morgan fingerprint density at radius 1 is 1.35 bits per heavy atom. The van der Waals surface area contributed by atoms with Gasteiger partial charge in [0.2, 0.25) is 5.91 Å². The van der Waals surface area contributed by atoms with Crippen LogP contribution in [0.2, 0.25) is 0 Å². The van der Waals surface area contributed by atoms with Gasteiger partial charge in [0.25, 0.3) is 0 Å². The van der Waals surface area contributed by atoms with Gasteiger partial charge in [-0.3, -0.25) is 4.79 Å². The van der Waals surface area contributed by atoms with Gasteiger partial charge in [-0.15, -0.1) is 12.4 Å². The molecule has 1 amide bonds. The molecule has 5 nitrogen and oxygen atoms in total. The van der Waals surface area contributed by atoms with E-state index in [-0.39, 0.29) is 24.4 Å². The van der Waals surface area contributed by atoms with Crippen LogP contribution in [0.1, 0.15) is 24.8 Å². The van der Waals surface area contributed by atoms with Gasteiger partial charge in [0, 0.05) is 25.2 Å². The third kappa shape index (κ3) is 5.08. The van der Waals surface area contributed by atoms with Gasteiger partial charge in [-0.25, -0.2) is 4.68 Å². The quantitative estimate of drug-likeness (QED) is 0.880. The number of carbonyl (C=O) groups excluding carboxylic acids is 1. The molecular weight excluding hydrogens is 312 g/mol. The number of aryl methyl sites for hydroxylation is 1. The van der Waals surface area contributed by atoms with Crippen LogP contribution in [0, 0.1) is 0 Å². The summed E-state index contributed by atoms with van der Waals surface area (Å²) in [7, 11) is 0. The molecule has 23 heavy (non-hydrogen) atoms. The Morgan fingerprint density at radius 2 is 2.17 bits per heavy atom. The van der Waals surface area contributed by atoms with E-state index in [1.54, 1.807) is 0 Å². The van der Waals surface area contributed by atoms with Gasteiger partial charge in [-0.2, -0.15) is 5.10 Å². The number of nitrogens with one attached hydrogen (secondary N) is 2. The number of hydrogen-bond acceptors (Lipinski definition) is 3. The van der Waals surface area contributed by atoms with Crippen molar-refractivity contribution in [3.8, 4) is 5.69 Å². The molecular formula is C17H23ClN4O. The topological polar surface area (TPSA) is 59.0 Å². The van der Waals surface area contributed by atoms with Crippen LogP contribution in [-0.2, 0) is 11.2 Å². The molecule has 1 aliphatic heterocycles. The van der Waals surface area contributed by atoms with Crippen LogP contribution in [-0.4, -0.2) is 34.8 Å². The van der Waals surface area contributed by atoms with Gasteiger partial charge in [0.15, 0.2) is 0 Å². The Kier molecular flexibility index (Phi) is 6.62. The third-order valence-electron chi connectivity index (χ3n) is 3.96. The summed E-state index contributed by atoms with van der Waals surface area (Å²) in [6, 6.07) is 10.3. The van der Waals surface area contributed by atoms with Crippen molar-refractivity contribution in [3.63, 3.8) is 0 Å². The number of rotatable bonds is 5. The summed E-state index contributed by atoms with van der Waals surface area (Å²) >= 11 is 0. The van der Waals surface area contributed by atoms with E-state index in [4.69, 9.17) is 0 Å². The molecule has 0 spiro atoms. The van der Waals surface area contributed by atoms with Crippen molar-refractivity contribution in [2.24, 2.45) is 0 Å². The van der Waals surface area contributed by atoms with E-state index < -0.39 is 0 Å². The van der Waals surface area contributed by atoms with Gasteiger partial charge in [0.05, 0.1) is 11.9 Å². The average Bonchev–Trinajstić information content (AvgIpc) is 3.04. The molecule has 1 aliphatic rings. The summed E-state index contributed by atoms with van der Waals surface area (Å²) in [5.41, 5.74) is 2.12. The van der Waals surface area contributed by atoms with Crippen LogP contribution in [0.3, 0.4) is 0 Å². The zero-order valence-electron chi connectivity index (χ0n) is 13.1.